The van der Waals surface area contributed by atoms with Gasteiger partial charge >= 0.3 is 11.7 Å². The predicted molar refractivity (Wildman–Crippen MR) is 77.7 cm³/mol. The van der Waals surface area contributed by atoms with Gasteiger partial charge in [-0.2, -0.15) is 0 Å². The topological polar surface area (TPSA) is 121 Å². The number of hydrogen-bond acceptors (Lipinski definition) is 5. The zero-order chi connectivity index (χ0) is 17.0. The zero-order valence-electron chi connectivity index (χ0n) is 11.9. The fourth-order valence-corrected chi connectivity index (χ4v) is 1.68. The van der Waals surface area contributed by atoms with Crippen molar-refractivity contribution in [3.05, 3.63) is 62.2 Å². The molecule has 1 aromatic carbocycles. The monoisotopic (exact) mass is 321 g/mol. The van der Waals surface area contributed by atoms with Crippen LogP contribution in [0.3, 0.4) is 0 Å². The lowest BCUT2D eigenvalue weighted by Crippen LogP contribution is -2.29. The molecule has 0 aliphatic heterocycles. The highest BCUT2D eigenvalue weighted by Crippen LogP contribution is 2.14. The summed E-state index contributed by atoms with van der Waals surface area (Å²) in [5, 5.41) is 2.23. The molecule has 3 N–H and O–H groups in total. The van der Waals surface area contributed by atoms with Gasteiger partial charge in [-0.3, -0.25) is 14.6 Å². The van der Waals surface area contributed by atoms with E-state index in [4.69, 9.17) is 0 Å². The molecule has 1 aromatic heterocycles. The average Bonchev–Trinajstić information content (AvgIpc) is 2.48. The molecule has 8 nitrogen and oxygen atoms in total. The number of carbonyl (C=O) groups excluding carboxylic acids is 2. The van der Waals surface area contributed by atoms with Gasteiger partial charge in [-0.25, -0.2) is 14.0 Å². The number of H-pyrrole nitrogens is 2. The van der Waals surface area contributed by atoms with Gasteiger partial charge in [0.15, 0.2) is 6.61 Å². The van der Waals surface area contributed by atoms with Crippen LogP contribution < -0.4 is 16.6 Å². The maximum atomic E-state index is 13.6. The number of halogens is 1. The Kier molecular flexibility index (Phi) is 4.69. The molecule has 0 spiro atoms. The van der Waals surface area contributed by atoms with E-state index in [1.54, 1.807) is 13.0 Å². The number of nitrogens with one attached hydrogen (secondary N) is 3. The van der Waals surface area contributed by atoms with E-state index in [0.29, 0.717) is 5.56 Å². The Labute approximate surface area is 128 Å². The molecule has 9 heteroatoms. The molecule has 0 bridgehead atoms. The Hall–Kier alpha value is -3.23. The number of amides is 1. The van der Waals surface area contributed by atoms with Crippen LogP contribution in [0, 0.1) is 12.7 Å². The van der Waals surface area contributed by atoms with Crippen molar-refractivity contribution in [3.63, 3.8) is 0 Å². The van der Waals surface area contributed by atoms with Gasteiger partial charge in [0.25, 0.3) is 11.5 Å². The first-order valence-electron chi connectivity index (χ1n) is 6.42. The van der Waals surface area contributed by atoms with Crippen molar-refractivity contribution in [3.8, 4) is 0 Å². The van der Waals surface area contributed by atoms with Crippen LogP contribution in [0.15, 0.2) is 34.0 Å². The molecule has 0 saturated carbocycles. The van der Waals surface area contributed by atoms with E-state index in [9.17, 15) is 23.6 Å². The van der Waals surface area contributed by atoms with Crippen molar-refractivity contribution >= 4 is 17.6 Å². The number of ether oxygens (including phenoxy) is 1. The first-order chi connectivity index (χ1) is 10.9. The van der Waals surface area contributed by atoms with E-state index < -0.39 is 41.1 Å². The fourth-order valence-electron chi connectivity index (χ4n) is 1.68. The van der Waals surface area contributed by atoms with Crippen molar-refractivity contribution < 1.29 is 18.7 Å². The molecular weight excluding hydrogens is 309 g/mol. The molecule has 1 heterocycles. The quantitative estimate of drug-likeness (QED) is 0.700. The van der Waals surface area contributed by atoms with E-state index in [2.05, 4.69) is 15.0 Å². The minimum atomic E-state index is -1.10. The summed E-state index contributed by atoms with van der Waals surface area (Å²) in [6, 6.07) is 4.21. The summed E-state index contributed by atoms with van der Waals surface area (Å²) in [7, 11) is 0. The summed E-state index contributed by atoms with van der Waals surface area (Å²) in [4.78, 5) is 49.4. The van der Waals surface area contributed by atoms with Gasteiger partial charge in [0.05, 0.1) is 5.69 Å². The smallest absolute Gasteiger partial charge is 0.345 e. The Balaban J connectivity index is 1.97. The number of anilines is 1. The Morgan fingerprint density at radius 1 is 1.30 bits per heavy atom. The van der Waals surface area contributed by atoms with Crippen LogP contribution >= 0.6 is 0 Å². The van der Waals surface area contributed by atoms with Crippen LogP contribution in [0.1, 0.15) is 15.9 Å². The highest BCUT2D eigenvalue weighted by atomic mass is 19.1. The van der Waals surface area contributed by atoms with Gasteiger partial charge in [0, 0.05) is 6.20 Å². The van der Waals surface area contributed by atoms with E-state index in [0.717, 1.165) is 6.20 Å². The summed E-state index contributed by atoms with van der Waals surface area (Å²) in [5.74, 6) is -2.49. The third-order valence-electron chi connectivity index (χ3n) is 2.77. The average molecular weight is 321 g/mol. The standard InChI is InChI=1S/C14H12FN3O5/c1-7-2-3-10(9(15)4-7)17-11(19)6-23-13(21)8-5-16-14(22)18-12(8)20/h2-5H,6H2,1H3,(H,17,19)(H2,16,18,20,22). The number of aryl methyl sites for hydroxylation is 1. The molecule has 0 radical (unpaired) electrons. The lowest BCUT2D eigenvalue weighted by molar-refractivity contribution is -0.119. The molecule has 2 aromatic rings. The molecule has 0 aliphatic rings. The lowest BCUT2D eigenvalue weighted by Gasteiger charge is -2.07. The lowest BCUT2D eigenvalue weighted by atomic mass is 10.2. The molecule has 0 atom stereocenters. The highest BCUT2D eigenvalue weighted by molar-refractivity contribution is 5.95. The second-order valence-corrected chi connectivity index (χ2v) is 4.59. The normalized spacial score (nSPS) is 10.2. The second-order valence-electron chi connectivity index (χ2n) is 4.59. The molecule has 23 heavy (non-hydrogen) atoms. The van der Waals surface area contributed by atoms with Crippen LogP contribution in [0.5, 0.6) is 0 Å². The molecule has 0 fully saturated rings. The maximum Gasteiger partial charge on any atom is 0.345 e. The van der Waals surface area contributed by atoms with Crippen molar-refractivity contribution in [2.45, 2.75) is 6.92 Å². The Morgan fingerprint density at radius 2 is 2.04 bits per heavy atom. The zero-order valence-corrected chi connectivity index (χ0v) is 11.9. The van der Waals surface area contributed by atoms with Crippen molar-refractivity contribution in [1.29, 1.82) is 0 Å². The SMILES string of the molecule is Cc1ccc(NC(=O)COC(=O)c2c[nH]c(=O)[nH]c2=O)c(F)c1. The number of benzene rings is 1. The highest BCUT2D eigenvalue weighted by Gasteiger charge is 2.15. The molecular formula is C14H12FN3O5. The van der Waals surface area contributed by atoms with Gasteiger partial charge in [-0.05, 0) is 24.6 Å². The number of rotatable bonds is 4. The van der Waals surface area contributed by atoms with Gasteiger partial charge in [-0.15, -0.1) is 0 Å². The summed E-state index contributed by atoms with van der Waals surface area (Å²) in [6.07, 6.45) is 0.876. The molecule has 0 aliphatic carbocycles. The molecule has 0 saturated heterocycles. The number of carbonyl (C=O) groups is 2. The molecule has 1 amide bonds. The third-order valence-corrected chi connectivity index (χ3v) is 2.77. The molecule has 2 rings (SSSR count). The maximum absolute atomic E-state index is 13.6. The van der Waals surface area contributed by atoms with Crippen LogP contribution in [-0.2, 0) is 9.53 Å². The van der Waals surface area contributed by atoms with E-state index in [1.807, 2.05) is 4.98 Å². The van der Waals surface area contributed by atoms with Gasteiger partial charge in [0.1, 0.15) is 11.4 Å². The first kappa shape index (κ1) is 16.1. The largest absolute Gasteiger partial charge is 0.452 e. The van der Waals surface area contributed by atoms with Crippen molar-refractivity contribution in [1.82, 2.24) is 9.97 Å². The fraction of sp³-hybridized carbons (Fsp3) is 0.143. The predicted octanol–water partition coefficient (Wildman–Crippen LogP) is 0.306. The molecule has 120 valence electrons. The number of aromatic amines is 2. The summed E-state index contributed by atoms with van der Waals surface area (Å²) in [5.41, 5.74) is -1.55. The summed E-state index contributed by atoms with van der Waals surface area (Å²) in [6.45, 7) is 0.975. The van der Waals surface area contributed by atoms with Crippen LogP contribution in [-0.4, -0.2) is 28.5 Å². The van der Waals surface area contributed by atoms with Crippen LogP contribution in [0.4, 0.5) is 10.1 Å². The Bertz CT molecular complexity index is 871. The number of aromatic nitrogens is 2. The van der Waals surface area contributed by atoms with E-state index in [1.165, 1.54) is 12.1 Å². The van der Waals surface area contributed by atoms with Gasteiger partial charge in [-0.1, -0.05) is 6.07 Å². The van der Waals surface area contributed by atoms with Crippen molar-refractivity contribution in [2.24, 2.45) is 0 Å². The number of hydrogen-bond donors (Lipinski definition) is 3. The minimum Gasteiger partial charge on any atom is -0.452 e. The summed E-state index contributed by atoms with van der Waals surface area (Å²) < 4.78 is 18.2. The third kappa shape index (κ3) is 4.13. The summed E-state index contributed by atoms with van der Waals surface area (Å²) >= 11 is 0. The second kappa shape index (κ2) is 6.69. The van der Waals surface area contributed by atoms with E-state index in [-0.39, 0.29) is 5.69 Å². The van der Waals surface area contributed by atoms with E-state index >= 15 is 0 Å². The van der Waals surface area contributed by atoms with Crippen LogP contribution in [0.25, 0.3) is 0 Å². The van der Waals surface area contributed by atoms with Gasteiger partial charge < -0.3 is 15.0 Å². The minimum absolute atomic E-state index is 0.0569. The number of esters is 1. The Morgan fingerprint density at radius 3 is 2.70 bits per heavy atom. The van der Waals surface area contributed by atoms with Gasteiger partial charge in [0.2, 0.25) is 0 Å². The van der Waals surface area contributed by atoms with Crippen molar-refractivity contribution in [2.75, 3.05) is 11.9 Å². The van der Waals surface area contributed by atoms with Crippen LogP contribution in [0.2, 0.25) is 0 Å². The first-order valence-corrected chi connectivity index (χ1v) is 6.42. The molecule has 0 unspecified atom stereocenters.